The molecule has 3 aliphatic rings. The zero-order chi connectivity index (χ0) is 14.2. The van der Waals surface area contributed by atoms with E-state index in [4.69, 9.17) is 9.72 Å². The molecule has 1 N–H and O–H groups in total. The SMILES string of the molecule is CCOc1ccc2nc(NC3CN4CCC3CC4)sc2c1. The van der Waals surface area contributed by atoms with Gasteiger partial charge in [0.15, 0.2) is 5.13 Å². The van der Waals surface area contributed by atoms with Crippen molar-refractivity contribution in [2.24, 2.45) is 5.92 Å². The first-order chi connectivity index (χ1) is 10.3. The summed E-state index contributed by atoms with van der Waals surface area (Å²) in [5.41, 5.74) is 1.06. The molecule has 2 bridgehead atoms. The van der Waals surface area contributed by atoms with E-state index < -0.39 is 0 Å². The van der Waals surface area contributed by atoms with E-state index in [1.54, 1.807) is 11.3 Å². The highest BCUT2D eigenvalue weighted by molar-refractivity contribution is 7.22. The Kier molecular flexibility index (Phi) is 3.47. The number of benzene rings is 1. The van der Waals surface area contributed by atoms with E-state index in [1.165, 1.54) is 37.2 Å². The van der Waals surface area contributed by atoms with Crippen LogP contribution in [0.5, 0.6) is 5.75 Å². The summed E-state index contributed by atoms with van der Waals surface area (Å²) in [6.45, 7) is 6.44. The van der Waals surface area contributed by atoms with E-state index in [-0.39, 0.29) is 0 Å². The molecule has 1 unspecified atom stereocenters. The quantitative estimate of drug-likeness (QED) is 0.941. The fraction of sp³-hybridized carbons (Fsp3) is 0.562. The number of ether oxygens (including phenoxy) is 1. The summed E-state index contributed by atoms with van der Waals surface area (Å²) in [6.07, 6.45) is 2.66. The molecule has 3 aliphatic heterocycles. The lowest BCUT2D eigenvalue weighted by Crippen LogP contribution is -2.53. The number of fused-ring (bicyclic) bond motifs is 4. The molecule has 5 rings (SSSR count). The van der Waals surface area contributed by atoms with E-state index in [0.29, 0.717) is 12.6 Å². The van der Waals surface area contributed by atoms with Crippen LogP contribution in [0.15, 0.2) is 18.2 Å². The van der Waals surface area contributed by atoms with Gasteiger partial charge in [0, 0.05) is 12.6 Å². The molecule has 3 fully saturated rings. The van der Waals surface area contributed by atoms with E-state index >= 15 is 0 Å². The number of rotatable bonds is 4. The van der Waals surface area contributed by atoms with E-state index in [9.17, 15) is 0 Å². The van der Waals surface area contributed by atoms with Crippen molar-refractivity contribution in [3.8, 4) is 5.75 Å². The maximum Gasteiger partial charge on any atom is 0.184 e. The average Bonchev–Trinajstić information content (AvgIpc) is 2.90. The van der Waals surface area contributed by atoms with Crippen LogP contribution in [-0.4, -0.2) is 42.2 Å². The minimum absolute atomic E-state index is 0.569. The molecule has 4 heterocycles. The Bertz CT molecular complexity index is 633. The Morgan fingerprint density at radius 1 is 1.38 bits per heavy atom. The largest absolute Gasteiger partial charge is 0.494 e. The second-order valence-corrected chi connectivity index (χ2v) is 7.00. The molecule has 0 radical (unpaired) electrons. The molecule has 21 heavy (non-hydrogen) atoms. The molecule has 1 aromatic carbocycles. The number of nitrogens with zero attached hydrogens (tertiary/aromatic N) is 2. The maximum absolute atomic E-state index is 5.57. The van der Waals surface area contributed by atoms with E-state index in [2.05, 4.69) is 22.3 Å². The summed E-state index contributed by atoms with van der Waals surface area (Å²) < 4.78 is 6.76. The second-order valence-electron chi connectivity index (χ2n) is 5.97. The highest BCUT2D eigenvalue weighted by atomic mass is 32.1. The Morgan fingerprint density at radius 2 is 2.24 bits per heavy atom. The van der Waals surface area contributed by atoms with E-state index in [0.717, 1.165) is 22.3 Å². The van der Waals surface area contributed by atoms with Gasteiger partial charge in [-0.15, -0.1) is 0 Å². The van der Waals surface area contributed by atoms with Crippen LogP contribution in [0.25, 0.3) is 10.2 Å². The minimum Gasteiger partial charge on any atom is -0.494 e. The molecule has 5 heteroatoms. The lowest BCUT2D eigenvalue weighted by molar-refractivity contribution is 0.0975. The Balaban J connectivity index is 1.53. The maximum atomic E-state index is 5.57. The number of nitrogens with one attached hydrogen (secondary N) is 1. The van der Waals surface area contributed by atoms with Crippen LogP contribution in [0.3, 0.4) is 0 Å². The first-order valence-corrected chi connectivity index (χ1v) is 8.66. The van der Waals surface area contributed by atoms with Crippen LogP contribution in [-0.2, 0) is 0 Å². The van der Waals surface area contributed by atoms with Gasteiger partial charge in [0.25, 0.3) is 0 Å². The summed E-state index contributed by atoms with van der Waals surface area (Å²) >= 11 is 1.74. The third-order valence-corrected chi connectivity index (χ3v) is 5.59. The summed E-state index contributed by atoms with van der Waals surface area (Å²) in [4.78, 5) is 7.29. The highest BCUT2D eigenvalue weighted by Gasteiger charge is 2.34. The molecule has 4 nitrogen and oxygen atoms in total. The van der Waals surface area contributed by atoms with Crippen LogP contribution < -0.4 is 10.1 Å². The average molecular weight is 303 g/mol. The molecule has 1 atom stereocenters. The monoisotopic (exact) mass is 303 g/mol. The number of thiazole rings is 1. The van der Waals surface area contributed by atoms with Gasteiger partial charge in [-0.05, 0) is 57.0 Å². The molecular weight excluding hydrogens is 282 g/mol. The molecule has 0 aliphatic carbocycles. The van der Waals surface area contributed by atoms with Gasteiger partial charge in [-0.3, -0.25) is 0 Å². The van der Waals surface area contributed by atoms with Crippen molar-refractivity contribution in [2.75, 3.05) is 31.6 Å². The van der Waals surface area contributed by atoms with Gasteiger partial charge in [0.2, 0.25) is 0 Å². The molecular formula is C16H21N3OS. The third-order valence-electron chi connectivity index (χ3n) is 4.64. The summed E-state index contributed by atoms with van der Waals surface area (Å²) in [7, 11) is 0. The zero-order valence-electron chi connectivity index (χ0n) is 12.3. The number of anilines is 1. The molecule has 3 saturated heterocycles. The lowest BCUT2D eigenvalue weighted by atomic mass is 9.84. The van der Waals surface area contributed by atoms with Crippen molar-refractivity contribution in [1.82, 2.24) is 9.88 Å². The van der Waals surface area contributed by atoms with Crippen LogP contribution in [0.4, 0.5) is 5.13 Å². The minimum atomic E-state index is 0.569. The summed E-state index contributed by atoms with van der Waals surface area (Å²) in [5.74, 6) is 1.75. The number of piperidine rings is 3. The van der Waals surface area contributed by atoms with Crippen molar-refractivity contribution in [3.05, 3.63) is 18.2 Å². The van der Waals surface area contributed by atoms with Crippen molar-refractivity contribution < 1.29 is 4.74 Å². The van der Waals surface area contributed by atoms with Crippen LogP contribution in [0.2, 0.25) is 0 Å². The first kappa shape index (κ1) is 13.3. The van der Waals surface area contributed by atoms with Gasteiger partial charge in [0.05, 0.1) is 16.8 Å². The van der Waals surface area contributed by atoms with Gasteiger partial charge in [0.1, 0.15) is 5.75 Å². The molecule has 0 amide bonds. The fourth-order valence-corrected chi connectivity index (χ4v) is 4.47. The van der Waals surface area contributed by atoms with Crippen molar-refractivity contribution >= 4 is 26.7 Å². The zero-order valence-corrected chi connectivity index (χ0v) is 13.2. The molecule has 1 aromatic heterocycles. The third kappa shape index (κ3) is 2.60. The van der Waals surface area contributed by atoms with Crippen LogP contribution in [0, 0.1) is 5.92 Å². The van der Waals surface area contributed by atoms with Crippen molar-refractivity contribution in [1.29, 1.82) is 0 Å². The molecule has 2 aromatic rings. The number of hydrogen-bond donors (Lipinski definition) is 1. The molecule has 0 saturated carbocycles. The van der Waals surface area contributed by atoms with E-state index in [1.807, 2.05) is 13.0 Å². The first-order valence-electron chi connectivity index (χ1n) is 7.84. The van der Waals surface area contributed by atoms with Crippen molar-refractivity contribution in [3.63, 3.8) is 0 Å². The highest BCUT2D eigenvalue weighted by Crippen LogP contribution is 2.33. The predicted octanol–water partition coefficient (Wildman–Crippen LogP) is 3.20. The molecule has 112 valence electrons. The van der Waals surface area contributed by atoms with Gasteiger partial charge in [-0.1, -0.05) is 11.3 Å². The Morgan fingerprint density at radius 3 is 2.95 bits per heavy atom. The lowest BCUT2D eigenvalue weighted by Gasteiger charge is -2.44. The molecule has 0 spiro atoms. The summed E-state index contributed by atoms with van der Waals surface area (Å²) in [5, 5.41) is 4.73. The number of aromatic nitrogens is 1. The predicted molar refractivity (Wildman–Crippen MR) is 87.4 cm³/mol. The Labute approximate surface area is 129 Å². The van der Waals surface area contributed by atoms with Gasteiger partial charge in [-0.25, -0.2) is 4.98 Å². The van der Waals surface area contributed by atoms with Gasteiger partial charge in [-0.2, -0.15) is 0 Å². The normalized spacial score (nSPS) is 28.0. The summed E-state index contributed by atoms with van der Waals surface area (Å²) in [6, 6.07) is 6.72. The smallest absolute Gasteiger partial charge is 0.184 e. The fourth-order valence-electron chi connectivity index (χ4n) is 3.51. The second kappa shape index (κ2) is 5.46. The standard InChI is InChI=1S/C16H21N3OS/c1-2-20-12-3-4-13-15(9-12)21-16(17-13)18-14-10-19-7-5-11(14)6-8-19/h3-4,9,11,14H,2,5-8,10H2,1H3,(H,17,18). The van der Waals surface area contributed by atoms with Crippen LogP contribution in [0.1, 0.15) is 19.8 Å². The number of hydrogen-bond acceptors (Lipinski definition) is 5. The topological polar surface area (TPSA) is 37.4 Å². The van der Waals surface area contributed by atoms with Gasteiger partial charge < -0.3 is 15.0 Å². The van der Waals surface area contributed by atoms with Gasteiger partial charge >= 0.3 is 0 Å². The Hall–Kier alpha value is -1.33. The van der Waals surface area contributed by atoms with Crippen molar-refractivity contribution in [2.45, 2.75) is 25.8 Å². The van der Waals surface area contributed by atoms with Crippen LogP contribution >= 0.6 is 11.3 Å².